The summed E-state index contributed by atoms with van der Waals surface area (Å²) >= 11 is 1.05. The molecule has 0 aliphatic rings. The van der Waals surface area contributed by atoms with Gasteiger partial charge < -0.3 is 4.57 Å². The van der Waals surface area contributed by atoms with Gasteiger partial charge in [-0.3, -0.25) is 4.79 Å². The maximum Gasteiger partial charge on any atom is 0.307 e. The number of hydrogen-bond acceptors (Lipinski definition) is 4. The number of sulfonamides is 1. The van der Waals surface area contributed by atoms with Gasteiger partial charge in [-0.2, -0.15) is 0 Å². The summed E-state index contributed by atoms with van der Waals surface area (Å²) in [5.41, 5.74) is 0.748. The second-order valence-corrected chi connectivity index (χ2v) is 7.19. The van der Waals surface area contributed by atoms with Gasteiger partial charge in [-0.1, -0.05) is 18.3 Å². The van der Waals surface area contributed by atoms with Gasteiger partial charge in [0.2, 0.25) is 10.0 Å². The van der Waals surface area contributed by atoms with Crippen LogP contribution in [-0.4, -0.2) is 19.0 Å². The van der Waals surface area contributed by atoms with Crippen LogP contribution in [0.5, 0.6) is 0 Å². The molecule has 1 heterocycles. The Bertz CT molecular complexity index is 759. The van der Waals surface area contributed by atoms with E-state index in [9.17, 15) is 13.2 Å². The Morgan fingerprint density at radius 3 is 2.74 bits per heavy atom. The Kier molecular flexibility index (Phi) is 3.80. The number of aromatic nitrogens is 1. The van der Waals surface area contributed by atoms with Crippen LogP contribution in [-0.2, 0) is 17.1 Å². The third kappa shape index (κ3) is 2.72. The molecule has 0 fully saturated rings. The highest BCUT2D eigenvalue weighted by molar-refractivity contribution is 7.89. The summed E-state index contributed by atoms with van der Waals surface area (Å²) in [6.07, 6.45) is 0.722. The first-order valence-electron chi connectivity index (χ1n) is 5.97. The number of thiazole rings is 1. The molecule has 0 spiro atoms. The first-order chi connectivity index (χ1) is 8.85. The molecule has 0 bridgehead atoms. The number of hydrogen-bond donors (Lipinski definition) is 1. The molecule has 0 radical (unpaired) electrons. The van der Waals surface area contributed by atoms with Crippen molar-refractivity contribution in [3.05, 3.63) is 27.9 Å². The first-order valence-corrected chi connectivity index (χ1v) is 8.27. The van der Waals surface area contributed by atoms with Gasteiger partial charge in [0.15, 0.2) is 0 Å². The molecule has 1 N–H and O–H groups in total. The Labute approximate surface area is 115 Å². The molecule has 0 amide bonds. The van der Waals surface area contributed by atoms with Crippen molar-refractivity contribution < 1.29 is 8.42 Å². The fraction of sp³-hybridized carbons (Fsp3) is 0.417. The minimum atomic E-state index is -3.52. The number of fused-ring (bicyclic) bond motifs is 1. The van der Waals surface area contributed by atoms with Crippen LogP contribution in [0.15, 0.2) is 27.9 Å². The van der Waals surface area contributed by atoms with Gasteiger partial charge in [0.1, 0.15) is 0 Å². The van der Waals surface area contributed by atoms with Crippen LogP contribution in [0.4, 0.5) is 0 Å². The number of benzene rings is 1. The van der Waals surface area contributed by atoms with Crippen molar-refractivity contribution in [1.82, 2.24) is 9.29 Å². The maximum absolute atomic E-state index is 12.1. The third-order valence-electron chi connectivity index (χ3n) is 3.04. The summed E-state index contributed by atoms with van der Waals surface area (Å²) in [6, 6.07) is 4.62. The molecule has 104 valence electrons. The normalized spacial score (nSPS) is 13.8. The highest BCUT2D eigenvalue weighted by atomic mass is 32.2. The third-order valence-corrected chi connectivity index (χ3v) is 5.63. The summed E-state index contributed by atoms with van der Waals surface area (Å²) in [6.45, 7) is 3.73. The van der Waals surface area contributed by atoms with E-state index < -0.39 is 10.0 Å². The highest BCUT2D eigenvalue weighted by Crippen LogP contribution is 2.21. The van der Waals surface area contributed by atoms with Crippen molar-refractivity contribution in [3.8, 4) is 0 Å². The number of nitrogens with zero attached hydrogens (tertiary/aromatic N) is 1. The summed E-state index contributed by atoms with van der Waals surface area (Å²) in [7, 11) is -1.85. The van der Waals surface area contributed by atoms with Crippen molar-refractivity contribution in [2.45, 2.75) is 31.2 Å². The summed E-state index contributed by atoms with van der Waals surface area (Å²) < 4.78 is 29.1. The fourth-order valence-corrected chi connectivity index (χ4v) is 4.04. The lowest BCUT2D eigenvalue weighted by molar-refractivity contribution is 0.556. The molecule has 7 heteroatoms. The molecule has 5 nitrogen and oxygen atoms in total. The van der Waals surface area contributed by atoms with Crippen LogP contribution in [0, 0.1) is 0 Å². The number of nitrogens with one attached hydrogen (secondary N) is 1. The van der Waals surface area contributed by atoms with Gasteiger partial charge in [-0.05, 0) is 31.5 Å². The molecular formula is C12H16N2O3S2. The monoisotopic (exact) mass is 300 g/mol. The van der Waals surface area contributed by atoms with Crippen LogP contribution >= 0.6 is 11.3 Å². The second kappa shape index (κ2) is 5.07. The van der Waals surface area contributed by atoms with Crippen LogP contribution in [0.25, 0.3) is 10.2 Å². The number of rotatable bonds is 4. The van der Waals surface area contributed by atoms with Crippen LogP contribution in [0.3, 0.4) is 0 Å². The van der Waals surface area contributed by atoms with E-state index in [4.69, 9.17) is 0 Å². The Morgan fingerprint density at radius 2 is 2.11 bits per heavy atom. The van der Waals surface area contributed by atoms with Crippen LogP contribution < -0.4 is 9.60 Å². The lowest BCUT2D eigenvalue weighted by Gasteiger charge is -2.12. The van der Waals surface area contributed by atoms with Crippen molar-refractivity contribution in [2.24, 2.45) is 7.05 Å². The Morgan fingerprint density at radius 1 is 1.42 bits per heavy atom. The van der Waals surface area contributed by atoms with Gasteiger partial charge in [0.25, 0.3) is 0 Å². The van der Waals surface area contributed by atoms with Crippen molar-refractivity contribution in [1.29, 1.82) is 0 Å². The zero-order valence-electron chi connectivity index (χ0n) is 11.0. The lowest BCUT2D eigenvalue weighted by Crippen LogP contribution is -2.31. The van der Waals surface area contributed by atoms with E-state index in [0.29, 0.717) is 4.70 Å². The van der Waals surface area contributed by atoms with Crippen LogP contribution in [0.1, 0.15) is 20.3 Å². The zero-order valence-corrected chi connectivity index (χ0v) is 12.6. The van der Waals surface area contributed by atoms with E-state index in [0.717, 1.165) is 23.3 Å². The SMILES string of the molecule is CCC(C)NS(=O)(=O)c1ccc2c(c1)sc(=O)n2C. The van der Waals surface area contributed by atoms with Gasteiger partial charge in [0, 0.05) is 13.1 Å². The van der Waals surface area contributed by atoms with Gasteiger partial charge >= 0.3 is 4.87 Å². The molecule has 1 aromatic carbocycles. The van der Waals surface area contributed by atoms with E-state index >= 15 is 0 Å². The van der Waals surface area contributed by atoms with E-state index in [2.05, 4.69) is 4.72 Å². The average molecular weight is 300 g/mol. The molecular weight excluding hydrogens is 284 g/mol. The molecule has 2 rings (SSSR count). The lowest BCUT2D eigenvalue weighted by atomic mass is 10.3. The van der Waals surface area contributed by atoms with E-state index in [1.165, 1.54) is 10.6 Å². The largest absolute Gasteiger partial charge is 0.307 e. The van der Waals surface area contributed by atoms with Gasteiger partial charge in [0.05, 0.1) is 15.1 Å². The summed E-state index contributed by atoms with van der Waals surface area (Å²) in [4.78, 5) is 11.6. The molecule has 0 saturated heterocycles. The summed E-state index contributed by atoms with van der Waals surface area (Å²) in [5.74, 6) is 0. The fourth-order valence-electron chi connectivity index (χ4n) is 1.70. The average Bonchev–Trinajstić information content (AvgIpc) is 2.64. The minimum Gasteiger partial charge on any atom is -0.302 e. The van der Waals surface area contributed by atoms with E-state index in [1.807, 2.05) is 13.8 Å². The second-order valence-electron chi connectivity index (χ2n) is 4.49. The highest BCUT2D eigenvalue weighted by Gasteiger charge is 2.17. The van der Waals surface area contributed by atoms with Crippen LogP contribution in [0.2, 0.25) is 0 Å². The first kappa shape index (κ1) is 14.2. The smallest absolute Gasteiger partial charge is 0.302 e. The predicted octanol–water partition coefficient (Wildman–Crippen LogP) is 1.68. The Balaban J connectivity index is 2.49. The van der Waals surface area contributed by atoms with Gasteiger partial charge in [-0.25, -0.2) is 13.1 Å². The predicted molar refractivity (Wildman–Crippen MR) is 77.1 cm³/mol. The molecule has 0 saturated carbocycles. The number of aryl methyl sites for hydroxylation is 1. The summed E-state index contributed by atoms with van der Waals surface area (Å²) in [5, 5.41) is 0. The molecule has 1 unspecified atom stereocenters. The maximum atomic E-state index is 12.1. The standard InChI is InChI=1S/C12H16N2O3S2/c1-4-8(2)13-19(16,17)9-5-6-10-11(7-9)18-12(15)14(10)3/h5-8,13H,4H2,1-3H3. The Hall–Kier alpha value is -1.18. The van der Waals surface area contributed by atoms with E-state index in [-0.39, 0.29) is 15.8 Å². The molecule has 2 aromatic rings. The topological polar surface area (TPSA) is 68.2 Å². The van der Waals surface area contributed by atoms with E-state index in [1.54, 1.807) is 19.2 Å². The van der Waals surface area contributed by atoms with Crippen molar-refractivity contribution in [2.75, 3.05) is 0 Å². The van der Waals surface area contributed by atoms with Crippen molar-refractivity contribution in [3.63, 3.8) is 0 Å². The minimum absolute atomic E-state index is 0.0977. The van der Waals surface area contributed by atoms with Gasteiger partial charge in [-0.15, -0.1) is 0 Å². The molecule has 19 heavy (non-hydrogen) atoms. The molecule has 0 aliphatic carbocycles. The van der Waals surface area contributed by atoms with Crippen molar-refractivity contribution >= 4 is 31.6 Å². The molecule has 0 aliphatic heterocycles. The molecule has 1 aromatic heterocycles. The molecule has 1 atom stereocenters. The quantitative estimate of drug-likeness (QED) is 0.934. The zero-order chi connectivity index (χ0) is 14.2.